The van der Waals surface area contributed by atoms with Crippen LogP contribution in [0.15, 0.2) is 96.0 Å². The number of nitrogen functional groups attached to an aromatic ring is 1. The van der Waals surface area contributed by atoms with Gasteiger partial charge >= 0.3 is 0 Å². The smallest absolute Gasteiger partial charge is 0.251 e. The lowest BCUT2D eigenvalue weighted by Gasteiger charge is -2.18. The Kier molecular flexibility index (Phi) is 12.6. The van der Waals surface area contributed by atoms with E-state index in [1.54, 1.807) is 61.7 Å². The average Bonchev–Trinajstić information content (AvgIpc) is 3.06. The molecule has 0 radical (unpaired) electrons. The second-order valence-electron chi connectivity index (χ2n) is 11.3. The van der Waals surface area contributed by atoms with Gasteiger partial charge in [0.25, 0.3) is 5.91 Å². The summed E-state index contributed by atoms with van der Waals surface area (Å²) in [6.45, 7) is 5.02. The Balaban J connectivity index is 1.19. The third kappa shape index (κ3) is 11.0. The van der Waals surface area contributed by atoms with E-state index in [-0.39, 0.29) is 35.7 Å². The molecule has 0 bridgehead atoms. The molecule has 1 heterocycles. The number of rotatable bonds is 16. The highest BCUT2D eigenvalue weighted by molar-refractivity contribution is 7.89. The first-order valence-corrected chi connectivity index (χ1v) is 16.9. The van der Waals surface area contributed by atoms with E-state index in [2.05, 4.69) is 25.7 Å². The highest BCUT2D eigenvalue weighted by atomic mass is 32.2. The van der Waals surface area contributed by atoms with E-state index < -0.39 is 16.1 Å². The average molecular weight is 659 g/mol. The van der Waals surface area contributed by atoms with Crippen LogP contribution >= 0.6 is 0 Å². The number of amides is 2. The molecule has 2 atom stereocenters. The zero-order valence-corrected chi connectivity index (χ0v) is 27.4. The minimum atomic E-state index is -3.53. The summed E-state index contributed by atoms with van der Waals surface area (Å²) in [4.78, 5) is 29.5. The molecule has 47 heavy (non-hydrogen) atoms. The summed E-state index contributed by atoms with van der Waals surface area (Å²) < 4.78 is 26.6. The van der Waals surface area contributed by atoms with Gasteiger partial charge in [-0.2, -0.15) is 0 Å². The van der Waals surface area contributed by atoms with E-state index in [1.807, 2.05) is 31.2 Å². The lowest BCUT2D eigenvalue weighted by atomic mass is 10.0. The first-order chi connectivity index (χ1) is 22.5. The van der Waals surface area contributed by atoms with Gasteiger partial charge in [-0.3, -0.25) is 9.59 Å². The Bertz CT molecular complexity index is 1730. The maximum absolute atomic E-state index is 12.7. The first-order valence-electron chi connectivity index (χ1n) is 15.5. The largest absolute Gasteiger partial charge is 0.387 e. The fourth-order valence-electron chi connectivity index (χ4n) is 4.90. The second-order valence-corrected chi connectivity index (χ2v) is 13.1. The summed E-state index contributed by atoms with van der Waals surface area (Å²) in [5.41, 5.74) is 10.4. The second kappa shape index (κ2) is 16.8. The highest BCUT2D eigenvalue weighted by Gasteiger charge is 2.14. The summed E-state index contributed by atoms with van der Waals surface area (Å²) in [5, 5.41) is 19.5. The van der Waals surface area contributed by atoms with Crippen molar-refractivity contribution in [2.45, 2.75) is 56.8 Å². The zero-order valence-electron chi connectivity index (χ0n) is 26.6. The number of nitrogens with two attached hydrogens (primary N) is 1. The van der Waals surface area contributed by atoms with Gasteiger partial charge in [-0.15, -0.1) is 0 Å². The van der Waals surface area contributed by atoms with Crippen LogP contribution < -0.4 is 26.4 Å². The van der Waals surface area contributed by atoms with Crippen LogP contribution in [0.3, 0.4) is 0 Å². The van der Waals surface area contributed by atoms with Crippen molar-refractivity contribution in [3.05, 3.63) is 125 Å². The fourth-order valence-corrected chi connectivity index (χ4v) is 5.94. The lowest BCUT2D eigenvalue weighted by Crippen LogP contribution is -2.32. The van der Waals surface area contributed by atoms with Crippen LogP contribution in [0.25, 0.3) is 0 Å². The molecule has 0 spiro atoms. The summed E-state index contributed by atoms with van der Waals surface area (Å²) in [6, 6.07) is 24.8. The summed E-state index contributed by atoms with van der Waals surface area (Å²) in [7, 11) is -3.53. The number of pyridine rings is 1. The Morgan fingerprint density at radius 3 is 2.19 bits per heavy atom. The van der Waals surface area contributed by atoms with Crippen LogP contribution in [0, 0.1) is 0 Å². The molecule has 11 nitrogen and oxygen atoms in total. The predicted molar refractivity (Wildman–Crippen MR) is 182 cm³/mol. The van der Waals surface area contributed by atoms with E-state index in [4.69, 9.17) is 5.73 Å². The van der Waals surface area contributed by atoms with Crippen LogP contribution in [0.1, 0.15) is 58.1 Å². The minimum Gasteiger partial charge on any atom is -0.387 e. The van der Waals surface area contributed by atoms with E-state index in [0.717, 1.165) is 28.7 Å². The van der Waals surface area contributed by atoms with Gasteiger partial charge < -0.3 is 26.8 Å². The monoisotopic (exact) mass is 658 g/mol. The molecule has 7 N–H and O–H groups in total. The number of carbonyl (C=O) groups excluding carboxylic acids is 2. The standard InChI is InChI=1S/C35H42N6O5S/c1-3-41-47(45,46)31-14-9-26(10-15-31)21-40-35(44)29-11-7-25(8-12-29)20-39-34(43)19-28-6-4-5-27(18-28)17-24(2)37-23-32(42)30-13-16-33(36)38-22-30/h4-16,18,22,24,32,37,41-42H,3,17,19-21,23H2,1-2H3,(H2,36,38)(H,39,43)(H,40,44)/t24-,32+/m1/s1. The molecular formula is C35H42N6O5S. The number of nitrogens with one attached hydrogen (secondary N) is 4. The van der Waals surface area contributed by atoms with Crippen molar-refractivity contribution in [1.29, 1.82) is 0 Å². The maximum Gasteiger partial charge on any atom is 0.251 e. The molecule has 0 fully saturated rings. The Hall–Kier alpha value is -4.62. The molecule has 3 aromatic carbocycles. The van der Waals surface area contributed by atoms with Crippen molar-refractivity contribution in [3.8, 4) is 0 Å². The maximum atomic E-state index is 12.7. The molecule has 4 rings (SSSR count). The van der Waals surface area contributed by atoms with Crippen molar-refractivity contribution in [2.75, 3.05) is 18.8 Å². The number of sulfonamides is 1. The molecule has 4 aromatic rings. The fraction of sp³-hybridized carbons (Fsp3) is 0.286. The van der Waals surface area contributed by atoms with Gasteiger partial charge in [0, 0.05) is 49.5 Å². The molecule has 248 valence electrons. The van der Waals surface area contributed by atoms with Crippen LogP contribution in [0.4, 0.5) is 5.82 Å². The Morgan fingerprint density at radius 2 is 1.53 bits per heavy atom. The lowest BCUT2D eigenvalue weighted by molar-refractivity contribution is -0.120. The quantitative estimate of drug-likeness (QED) is 0.107. The van der Waals surface area contributed by atoms with Gasteiger partial charge in [0.2, 0.25) is 15.9 Å². The molecule has 1 aromatic heterocycles. The number of benzene rings is 3. The Labute approximate surface area is 276 Å². The van der Waals surface area contributed by atoms with Crippen molar-refractivity contribution in [1.82, 2.24) is 25.7 Å². The summed E-state index contributed by atoms with van der Waals surface area (Å²) >= 11 is 0. The summed E-state index contributed by atoms with van der Waals surface area (Å²) in [5.74, 6) is 0.0385. The third-order valence-corrected chi connectivity index (χ3v) is 9.04. The number of nitrogens with zero attached hydrogens (tertiary/aromatic N) is 1. The van der Waals surface area contributed by atoms with Gasteiger partial charge in [0.05, 0.1) is 17.4 Å². The van der Waals surface area contributed by atoms with Crippen LogP contribution in [-0.4, -0.2) is 49.5 Å². The highest BCUT2D eigenvalue weighted by Crippen LogP contribution is 2.14. The topological polar surface area (TPSA) is 176 Å². The van der Waals surface area contributed by atoms with Crippen LogP contribution in [0.5, 0.6) is 0 Å². The van der Waals surface area contributed by atoms with Crippen molar-refractivity contribution in [2.24, 2.45) is 0 Å². The van der Waals surface area contributed by atoms with Gasteiger partial charge in [0.1, 0.15) is 5.82 Å². The SMILES string of the molecule is CCNS(=O)(=O)c1ccc(CNC(=O)c2ccc(CNC(=O)Cc3cccc(C[C@@H](C)NC[C@H](O)c4ccc(N)nc4)c3)cc2)cc1. The molecule has 0 saturated heterocycles. The number of aliphatic hydroxyl groups is 1. The number of carbonyl (C=O) groups is 2. The van der Waals surface area contributed by atoms with Crippen molar-refractivity contribution in [3.63, 3.8) is 0 Å². The van der Waals surface area contributed by atoms with Crippen molar-refractivity contribution < 1.29 is 23.1 Å². The van der Waals surface area contributed by atoms with E-state index in [1.165, 1.54) is 12.1 Å². The van der Waals surface area contributed by atoms with E-state index >= 15 is 0 Å². The first kappa shape index (κ1) is 35.2. The molecule has 0 aliphatic carbocycles. The number of aromatic nitrogens is 1. The van der Waals surface area contributed by atoms with Crippen LogP contribution in [-0.2, 0) is 40.7 Å². The Morgan fingerprint density at radius 1 is 0.872 bits per heavy atom. The number of hydrogen-bond acceptors (Lipinski definition) is 8. The van der Waals surface area contributed by atoms with Gasteiger partial charge in [-0.05, 0) is 65.9 Å². The number of aliphatic hydroxyl groups excluding tert-OH is 1. The normalized spacial score (nSPS) is 12.7. The molecular weight excluding hydrogens is 616 g/mol. The third-order valence-electron chi connectivity index (χ3n) is 7.48. The van der Waals surface area contributed by atoms with Crippen LogP contribution in [0.2, 0.25) is 0 Å². The van der Waals surface area contributed by atoms with E-state index in [0.29, 0.717) is 36.6 Å². The molecule has 0 unspecified atom stereocenters. The molecule has 12 heteroatoms. The van der Waals surface area contributed by atoms with Gasteiger partial charge in [-0.1, -0.05) is 61.5 Å². The van der Waals surface area contributed by atoms with Gasteiger partial charge in [-0.25, -0.2) is 18.1 Å². The van der Waals surface area contributed by atoms with Crippen molar-refractivity contribution >= 4 is 27.7 Å². The number of hydrogen-bond donors (Lipinski definition) is 6. The van der Waals surface area contributed by atoms with Gasteiger partial charge in [0.15, 0.2) is 0 Å². The minimum absolute atomic E-state index is 0.0984. The molecule has 2 amide bonds. The predicted octanol–water partition coefficient (Wildman–Crippen LogP) is 3.01. The zero-order chi connectivity index (χ0) is 33.8. The van der Waals surface area contributed by atoms with E-state index in [9.17, 15) is 23.1 Å². The summed E-state index contributed by atoms with van der Waals surface area (Å²) in [6.07, 6.45) is 1.85. The molecule has 0 aliphatic rings. The number of anilines is 1. The molecule has 0 saturated carbocycles. The molecule has 0 aliphatic heterocycles.